The third-order valence-electron chi connectivity index (χ3n) is 4.97. The van der Waals surface area contributed by atoms with Crippen LogP contribution < -0.4 is 15.0 Å². The molecule has 162 valence electrons. The summed E-state index contributed by atoms with van der Waals surface area (Å²) in [7, 11) is 3.97. The number of rotatable bonds is 9. The fourth-order valence-electron chi connectivity index (χ4n) is 3.30. The standard InChI is InChI=1S/C25H26F2N2O2/c1-29(2)21-13-8-18(9-14-21)10-17-23(30)28-24(19-6-4-3-5-7-19)20-11-15-22(16-12-20)31-25(26)27/h3-9,11-16,24-25H,10,17H2,1-2H3,(H,28,30). The lowest BCUT2D eigenvalue weighted by atomic mass is 9.98. The van der Waals surface area contributed by atoms with E-state index in [-0.39, 0.29) is 17.7 Å². The number of nitrogens with one attached hydrogen (secondary N) is 1. The van der Waals surface area contributed by atoms with Gasteiger partial charge in [0, 0.05) is 26.2 Å². The summed E-state index contributed by atoms with van der Waals surface area (Å²) in [6.07, 6.45) is 0.972. The number of halogens is 2. The predicted octanol–water partition coefficient (Wildman–Crippen LogP) is 5.19. The third-order valence-corrected chi connectivity index (χ3v) is 4.97. The Kier molecular flexibility index (Phi) is 7.60. The largest absolute Gasteiger partial charge is 0.435 e. The second kappa shape index (κ2) is 10.6. The molecule has 0 bridgehead atoms. The number of amides is 1. The average molecular weight is 424 g/mol. The van der Waals surface area contributed by atoms with Gasteiger partial charge < -0.3 is 15.0 Å². The van der Waals surface area contributed by atoms with Crippen LogP contribution in [0.3, 0.4) is 0 Å². The number of alkyl halides is 2. The summed E-state index contributed by atoms with van der Waals surface area (Å²) < 4.78 is 29.3. The van der Waals surface area contributed by atoms with E-state index < -0.39 is 6.61 Å². The molecule has 0 aliphatic heterocycles. The van der Waals surface area contributed by atoms with Gasteiger partial charge in [-0.05, 0) is 47.4 Å². The first-order chi connectivity index (χ1) is 14.9. The molecule has 1 amide bonds. The van der Waals surface area contributed by atoms with Gasteiger partial charge in [0.1, 0.15) is 5.75 Å². The molecule has 1 unspecified atom stereocenters. The Morgan fingerprint density at radius 3 is 2.10 bits per heavy atom. The lowest BCUT2D eigenvalue weighted by Gasteiger charge is -2.20. The van der Waals surface area contributed by atoms with Crippen molar-refractivity contribution in [3.05, 3.63) is 95.6 Å². The smallest absolute Gasteiger partial charge is 0.387 e. The van der Waals surface area contributed by atoms with E-state index in [1.54, 1.807) is 12.1 Å². The van der Waals surface area contributed by atoms with E-state index in [2.05, 4.69) is 10.1 Å². The van der Waals surface area contributed by atoms with E-state index in [9.17, 15) is 13.6 Å². The first-order valence-electron chi connectivity index (χ1n) is 10.1. The van der Waals surface area contributed by atoms with Crippen molar-refractivity contribution in [3.8, 4) is 5.75 Å². The Labute approximate surface area is 181 Å². The second-order valence-corrected chi connectivity index (χ2v) is 7.42. The Hall–Kier alpha value is -3.41. The van der Waals surface area contributed by atoms with Gasteiger partial charge in [-0.15, -0.1) is 0 Å². The molecule has 0 saturated carbocycles. The average Bonchev–Trinajstić information content (AvgIpc) is 2.77. The van der Waals surface area contributed by atoms with Gasteiger partial charge in [0.2, 0.25) is 5.91 Å². The van der Waals surface area contributed by atoms with E-state index in [4.69, 9.17) is 0 Å². The number of nitrogens with zero attached hydrogens (tertiary/aromatic N) is 1. The number of carbonyl (C=O) groups excluding carboxylic acids is 1. The van der Waals surface area contributed by atoms with Crippen molar-refractivity contribution in [3.63, 3.8) is 0 Å². The molecule has 0 aromatic heterocycles. The molecule has 4 nitrogen and oxygen atoms in total. The molecule has 6 heteroatoms. The van der Waals surface area contributed by atoms with E-state index in [0.717, 1.165) is 22.4 Å². The molecule has 31 heavy (non-hydrogen) atoms. The first-order valence-corrected chi connectivity index (χ1v) is 10.1. The van der Waals surface area contributed by atoms with E-state index in [1.807, 2.05) is 73.6 Å². The molecule has 3 aromatic rings. The summed E-state index contributed by atoms with van der Waals surface area (Å²) in [5, 5.41) is 3.07. The van der Waals surface area contributed by atoms with Gasteiger partial charge in [-0.3, -0.25) is 4.79 Å². The topological polar surface area (TPSA) is 41.6 Å². The lowest BCUT2D eigenvalue weighted by Crippen LogP contribution is -2.29. The summed E-state index contributed by atoms with van der Waals surface area (Å²) in [5.74, 6) is -0.00324. The predicted molar refractivity (Wildman–Crippen MR) is 119 cm³/mol. The van der Waals surface area contributed by atoms with Crippen molar-refractivity contribution in [2.24, 2.45) is 0 Å². The highest BCUT2D eigenvalue weighted by molar-refractivity contribution is 5.77. The molecule has 0 saturated heterocycles. The SMILES string of the molecule is CN(C)c1ccc(CCC(=O)NC(c2ccccc2)c2ccc(OC(F)F)cc2)cc1. The zero-order chi connectivity index (χ0) is 22.2. The number of hydrogen-bond acceptors (Lipinski definition) is 3. The van der Waals surface area contributed by atoms with Gasteiger partial charge in [0.15, 0.2) is 0 Å². The molecule has 0 aliphatic carbocycles. The van der Waals surface area contributed by atoms with Crippen LogP contribution in [0.4, 0.5) is 14.5 Å². The molecule has 0 heterocycles. The third kappa shape index (κ3) is 6.54. The Bertz CT molecular complexity index is 959. The zero-order valence-electron chi connectivity index (χ0n) is 17.6. The molecule has 1 N–H and O–H groups in total. The minimum absolute atomic E-state index is 0.0815. The molecule has 0 aliphatic rings. The lowest BCUT2D eigenvalue weighted by molar-refractivity contribution is -0.121. The first kappa shape index (κ1) is 22.3. The summed E-state index contributed by atoms with van der Waals surface area (Å²) >= 11 is 0. The van der Waals surface area contributed by atoms with Crippen LogP contribution in [-0.4, -0.2) is 26.6 Å². The van der Waals surface area contributed by atoms with Crippen LogP contribution in [-0.2, 0) is 11.2 Å². The van der Waals surface area contributed by atoms with Crippen LogP contribution in [0.5, 0.6) is 5.75 Å². The normalized spacial score (nSPS) is 11.8. The van der Waals surface area contributed by atoms with Crippen LogP contribution in [0.2, 0.25) is 0 Å². The number of ether oxygens (including phenoxy) is 1. The van der Waals surface area contributed by atoms with Gasteiger partial charge in [-0.25, -0.2) is 0 Å². The Balaban J connectivity index is 1.69. The number of hydrogen-bond donors (Lipinski definition) is 1. The molecule has 3 aromatic carbocycles. The maximum absolute atomic E-state index is 12.7. The van der Waals surface area contributed by atoms with Crippen LogP contribution in [0.25, 0.3) is 0 Å². The van der Waals surface area contributed by atoms with Crippen LogP contribution in [0.15, 0.2) is 78.9 Å². The minimum atomic E-state index is -2.87. The number of carbonyl (C=O) groups is 1. The van der Waals surface area contributed by atoms with Crippen molar-refractivity contribution in [1.82, 2.24) is 5.32 Å². The zero-order valence-corrected chi connectivity index (χ0v) is 17.6. The van der Waals surface area contributed by atoms with Gasteiger partial charge in [0.05, 0.1) is 6.04 Å². The summed E-state index contributed by atoms with van der Waals surface area (Å²) in [6.45, 7) is -2.87. The van der Waals surface area contributed by atoms with Crippen LogP contribution in [0.1, 0.15) is 29.2 Å². The maximum atomic E-state index is 12.7. The maximum Gasteiger partial charge on any atom is 0.387 e. The molecule has 1 atom stereocenters. The molecule has 0 fully saturated rings. The van der Waals surface area contributed by atoms with Crippen molar-refractivity contribution in [2.75, 3.05) is 19.0 Å². The highest BCUT2D eigenvalue weighted by Crippen LogP contribution is 2.25. The van der Waals surface area contributed by atoms with Crippen molar-refractivity contribution in [1.29, 1.82) is 0 Å². The highest BCUT2D eigenvalue weighted by atomic mass is 19.3. The van der Waals surface area contributed by atoms with Gasteiger partial charge in [-0.1, -0.05) is 54.6 Å². The summed E-state index contributed by atoms with van der Waals surface area (Å²) in [4.78, 5) is 14.7. The molecular weight excluding hydrogens is 398 g/mol. The number of benzene rings is 3. The van der Waals surface area contributed by atoms with Crippen molar-refractivity contribution < 1.29 is 18.3 Å². The number of aryl methyl sites for hydroxylation is 1. The summed E-state index contributed by atoms with van der Waals surface area (Å²) in [5.41, 5.74) is 3.90. The fourth-order valence-corrected chi connectivity index (χ4v) is 3.30. The summed E-state index contributed by atoms with van der Waals surface area (Å²) in [6, 6.07) is 23.6. The van der Waals surface area contributed by atoms with E-state index in [0.29, 0.717) is 12.8 Å². The Morgan fingerprint density at radius 2 is 1.52 bits per heavy atom. The van der Waals surface area contributed by atoms with Gasteiger partial charge in [0.25, 0.3) is 0 Å². The van der Waals surface area contributed by atoms with Crippen molar-refractivity contribution in [2.45, 2.75) is 25.5 Å². The number of anilines is 1. The Morgan fingerprint density at radius 1 is 0.903 bits per heavy atom. The highest BCUT2D eigenvalue weighted by Gasteiger charge is 2.17. The molecule has 0 spiro atoms. The second-order valence-electron chi connectivity index (χ2n) is 7.42. The van der Waals surface area contributed by atoms with Gasteiger partial charge >= 0.3 is 6.61 Å². The monoisotopic (exact) mass is 424 g/mol. The minimum Gasteiger partial charge on any atom is -0.435 e. The molecule has 3 rings (SSSR count). The quantitative estimate of drug-likeness (QED) is 0.514. The van der Waals surface area contributed by atoms with Crippen LogP contribution >= 0.6 is 0 Å². The van der Waals surface area contributed by atoms with E-state index >= 15 is 0 Å². The van der Waals surface area contributed by atoms with Crippen molar-refractivity contribution >= 4 is 11.6 Å². The molecular formula is C25H26F2N2O2. The van der Waals surface area contributed by atoms with Crippen LogP contribution in [0, 0.1) is 0 Å². The van der Waals surface area contributed by atoms with E-state index in [1.165, 1.54) is 12.1 Å². The van der Waals surface area contributed by atoms with Gasteiger partial charge in [-0.2, -0.15) is 8.78 Å². The fraction of sp³-hybridized carbons (Fsp3) is 0.240. The molecule has 0 radical (unpaired) electrons.